The number of ether oxygens (including phenoxy) is 1. The topological polar surface area (TPSA) is 12.5 Å². The Bertz CT molecular complexity index is 171. The Labute approximate surface area is 74.9 Å². The molecule has 1 saturated carbocycles. The lowest BCUT2D eigenvalue weighted by Crippen LogP contribution is -2.49. The molecule has 0 aromatic rings. The van der Waals surface area contributed by atoms with Gasteiger partial charge in [-0.25, -0.2) is 0 Å². The Morgan fingerprint density at radius 1 is 1.42 bits per heavy atom. The highest BCUT2D eigenvalue weighted by atomic mass is 16.5. The maximum absolute atomic E-state index is 5.93. The van der Waals surface area contributed by atoms with Crippen molar-refractivity contribution >= 4 is 0 Å². The molecule has 0 bridgehead atoms. The van der Waals surface area contributed by atoms with Gasteiger partial charge in [-0.05, 0) is 32.2 Å². The van der Waals surface area contributed by atoms with Crippen LogP contribution >= 0.6 is 0 Å². The van der Waals surface area contributed by atoms with Crippen LogP contribution in [0.1, 0.15) is 32.6 Å². The number of rotatable bonds is 0. The Kier molecular flexibility index (Phi) is 2.13. The molecular weight excluding hydrogens is 150 g/mol. The molecule has 1 saturated heterocycles. The van der Waals surface area contributed by atoms with E-state index in [0.29, 0.717) is 0 Å². The summed E-state index contributed by atoms with van der Waals surface area (Å²) >= 11 is 0. The van der Waals surface area contributed by atoms with Gasteiger partial charge in [0.05, 0.1) is 6.61 Å². The summed E-state index contributed by atoms with van der Waals surface area (Å²) in [5.74, 6) is 0.721. The van der Waals surface area contributed by atoms with Crippen LogP contribution in [-0.2, 0) is 4.74 Å². The van der Waals surface area contributed by atoms with Gasteiger partial charge >= 0.3 is 0 Å². The van der Waals surface area contributed by atoms with Crippen LogP contribution in [0.2, 0.25) is 0 Å². The SMILES string of the molecule is CC1CCCC[C@]12OCCN2C. The first-order valence-electron chi connectivity index (χ1n) is 5.11. The van der Waals surface area contributed by atoms with Crippen molar-refractivity contribution in [2.24, 2.45) is 5.92 Å². The van der Waals surface area contributed by atoms with E-state index >= 15 is 0 Å². The highest BCUT2D eigenvalue weighted by Crippen LogP contribution is 2.40. The van der Waals surface area contributed by atoms with Crippen molar-refractivity contribution in [3.63, 3.8) is 0 Å². The first-order valence-corrected chi connectivity index (χ1v) is 5.11. The fourth-order valence-electron chi connectivity index (χ4n) is 2.74. The third-order valence-electron chi connectivity index (χ3n) is 3.62. The Hall–Kier alpha value is -0.0800. The fraction of sp³-hybridized carbons (Fsp3) is 1.00. The summed E-state index contributed by atoms with van der Waals surface area (Å²) in [5, 5.41) is 0. The molecule has 2 nitrogen and oxygen atoms in total. The molecule has 1 aliphatic heterocycles. The summed E-state index contributed by atoms with van der Waals surface area (Å²) in [7, 11) is 2.20. The predicted octanol–water partition coefficient (Wildman–Crippen LogP) is 1.85. The Morgan fingerprint density at radius 3 is 2.83 bits per heavy atom. The van der Waals surface area contributed by atoms with Crippen molar-refractivity contribution in [2.75, 3.05) is 20.2 Å². The molecule has 12 heavy (non-hydrogen) atoms. The largest absolute Gasteiger partial charge is 0.359 e. The van der Waals surface area contributed by atoms with Crippen molar-refractivity contribution in [1.82, 2.24) is 4.90 Å². The highest BCUT2D eigenvalue weighted by molar-refractivity contribution is 4.91. The van der Waals surface area contributed by atoms with Crippen LogP contribution in [0, 0.1) is 5.92 Å². The van der Waals surface area contributed by atoms with Gasteiger partial charge in [-0.2, -0.15) is 0 Å². The van der Waals surface area contributed by atoms with E-state index in [2.05, 4.69) is 18.9 Å². The second-order valence-corrected chi connectivity index (χ2v) is 4.26. The van der Waals surface area contributed by atoms with E-state index in [1.165, 1.54) is 25.7 Å². The minimum atomic E-state index is 0.123. The van der Waals surface area contributed by atoms with Crippen LogP contribution in [0.25, 0.3) is 0 Å². The van der Waals surface area contributed by atoms with Gasteiger partial charge in [0.1, 0.15) is 5.72 Å². The van der Waals surface area contributed by atoms with Crippen molar-refractivity contribution in [1.29, 1.82) is 0 Å². The highest BCUT2D eigenvalue weighted by Gasteiger charge is 2.45. The maximum atomic E-state index is 5.93. The normalized spacial score (nSPS) is 44.0. The van der Waals surface area contributed by atoms with E-state index in [1.807, 2.05) is 0 Å². The summed E-state index contributed by atoms with van der Waals surface area (Å²) in [6, 6.07) is 0. The molecule has 70 valence electrons. The van der Waals surface area contributed by atoms with Crippen LogP contribution in [0.3, 0.4) is 0 Å². The zero-order chi connectivity index (χ0) is 8.60. The van der Waals surface area contributed by atoms with E-state index < -0.39 is 0 Å². The molecule has 0 N–H and O–H groups in total. The average molecular weight is 169 g/mol. The van der Waals surface area contributed by atoms with Gasteiger partial charge in [-0.1, -0.05) is 13.3 Å². The zero-order valence-electron chi connectivity index (χ0n) is 8.18. The molecule has 1 heterocycles. The van der Waals surface area contributed by atoms with E-state index in [-0.39, 0.29) is 5.72 Å². The van der Waals surface area contributed by atoms with Crippen molar-refractivity contribution < 1.29 is 4.74 Å². The van der Waals surface area contributed by atoms with Gasteiger partial charge in [-0.15, -0.1) is 0 Å². The van der Waals surface area contributed by atoms with Gasteiger partial charge < -0.3 is 4.74 Å². The van der Waals surface area contributed by atoms with Crippen LogP contribution < -0.4 is 0 Å². The molecule has 0 aromatic heterocycles. The van der Waals surface area contributed by atoms with Crippen LogP contribution in [-0.4, -0.2) is 30.8 Å². The van der Waals surface area contributed by atoms with Crippen LogP contribution in [0.5, 0.6) is 0 Å². The molecule has 2 rings (SSSR count). The third kappa shape index (κ3) is 1.09. The van der Waals surface area contributed by atoms with Crippen molar-refractivity contribution in [3.05, 3.63) is 0 Å². The van der Waals surface area contributed by atoms with E-state index in [9.17, 15) is 0 Å². The lowest BCUT2D eigenvalue weighted by Gasteiger charge is -2.43. The quantitative estimate of drug-likeness (QED) is 0.549. The summed E-state index contributed by atoms with van der Waals surface area (Å²) in [4.78, 5) is 2.41. The van der Waals surface area contributed by atoms with Crippen molar-refractivity contribution in [2.45, 2.75) is 38.3 Å². The molecule has 1 spiro atoms. The predicted molar refractivity (Wildman–Crippen MR) is 48.9 cm³/mol. The van der Waals surface area contributed by atoms with Gasteiger partial charge in [-0.3, -0.25) is 4.90 Å². The zero-order valence-corrected chi connectivity index (χ0v) is 8.18. The van der Waals surface area contributed by atoms with E-state index in [0.717, 1.165) is 19.1 Å². The first-order chi connectivity index (χ1) is 5.76. The summed E-state index contributed by atoms with van der Waals surface area (Å²) in [5.41, 5.74) is 0.123. The fourth-order valence-corrected chi connectivity index (χ4v) is 2.74. The number of hydrogen-bond acceptors (Lipinski definition) is 2. The number of nitrogens with zero attached hydrogens (tertiary/aromatic N) is 1. The second kappa shape index (κ2) is 3.00. The monoisotopic (exact) mass is 169 g/mol. The molecule has 2 fully saturated rings. The minimum Gasteiger partial charge on any atom is -0.359 e. The van der Waals surface area contributed by atoms with E-state index in [1.54, 1.807) is 0 Å². The smallest absolute Gasteiger partial charge is 0.124 e. The van der Waals surface area contributed by atoms with Crippen molar-refractivity contribution in [3.8, 4) is 0 Å². The summed E-state index contributed by atoms with van der Waals surface area (Å²) in [6.07, 6.45) is 5.31. The molecule has 0 radical (unpaired) electrons. The van der Waals surface area contributed by atoms with Gasteiger partial charge in [0.2, 0.25) is 0 Å². The Morgan fingerprint density at radius 2 is 2.25 bits per heavy atom. The maximum Gasteiger partial charge on any atom is 0.124 e. The van der Waals surface area contributed by atoms with Crippen LogP contribution in [0.15, 0.2) is 0 Å². The minimum absolute atomic E-state index is 0.123. The third-order valence-corrected chi connectivity index (χ3v) is 3.62. The Balaban J connectivity index is 2.15. The van der Waals surface area contributed by atoms with Gasteiger partial charge in [0, 0.05) is 6.54 Å². The molecule has 1 aliphatic carbocycles. The second-order valence-electron chi connectivity index (χ2n) is 4.26. The lowest BCUT2D eigenvalue weighted by molar-refractivity contribution is -0.133. The van der Waals surface area contributed by atoms with E-state index in [4.69, 9.17) is 4.74 Å². The number of hydrogen-bond donors (Lipinski definition) is 0. The molecule has 0 aromatic carbocycles. The summed E-state index contributed by atoms with van der Waals surface area (Å²) in [6.45, 7) is 4.38. The molecule has 2 aliphatic rings. The standard InChI is InChI=1S/C10H19NO/c1-9-5-3-4-6-10(9)11(2)7-8-12-10/h9H,3-8H2,1-2H3/t9?,10-/m0/s1. The molecule has 0 amide bonds. The molecular formula is C10H19NO. The van der Waals surface area contributed by atoms with Crippen LogP contribution in [0.4, 0.5) is 0 Å². The average Bonchev–Trinajstić information content (AvgIpc) is 2.41. The van der Waals surface area contributed by atoms with Gasteiger partial charge in [0.15, 0.2) is 0 Å². The molecule has 1 unspecified atom stereocenters. The first kappa shape index (κ1) is 8.52. The number of likely N-dealkylation sites (N-methyl/N-ethyl adjacent to an activating group) is 1. The molecule has 2 atom stereocenters. The molecule has 2 heteroatoms. The van der Waals surface area contributed by atoms with Gasteiger partial charge in [0.25, 0.3) is 0 Å². The summed E-state index contributed by atoms with van der Waals surface area (Å²) < 4.78 is 5.93. The lowest BCUT2D eigenvalue weighted by atomic mass is 9.82.